The molecule has 8 heteroatoms. The van der Waals surface area contributed by atoms with Crippen LogP contribution in [0.3, 0.4) is 0 Å². The lowest BCUT2D eigenvalue weighted by Gasteiger charge is -2.36. The molecule has 154 valence electrons. The summed E-state index contributed by atoms with van der Waals surface area (Å²) in [5.74, 6) is 0.0735. The SMILES string of the molecule is CCCCOC(=O)N1CCN(C(=O)C(NC(=O)OC(C)(C)C)C2CC2)CC1. The summed E-state index contributed by atoms with van der Waals surface area (Å²) in [6.45, 7) is 9.62. The zero-order valence-electron chi connectivity index (χ0n) is 17.0. The van der Waals surface area contributed by atoms with Gasteiger partial charge in [-0.3, -0.25) is 4.79 Å². The first-order valence-electron chi connectivity index (χ1n) is 9.91. The summed E-state index contributed by atoms with van der Waals surface area (Å²) in [6, 6.07) is -0.553. The van der Waals surface area contributed by atoms with E-state index in [-0.39, 0.29) is 17.9 Å². The molecule has 2 aliphatic rings. The maximum atomic E-state index is 12.9. The minimum Gasteiger partial charge on any atom is -0.449 e. The van der Waals surface area contributed by atoms with Gasteiger partial charge in [-0.2, -0.15) is 0 Å². The van der Waals surface area contributed by atoms with E-state index < -0.39 is 17.7 Å². The zero-order valence-corrected chi connectivity index (χ0v) is 17.0. The molecule has 1 aliphatic heterocycles. The number of alkyl carbamates (subject to hydrolysis) is 1. The van der Waals surface area contributed by atoms with Gasteiger partial charge in [0.15, 0.2) is 0 Å². The maximum absolute atomic E-state index is 12.9. The van der Waals surface area contributed by atoms with Crippen LogP contribution in [0.5, 0.6) is 0 Å². The summed E-state index contributed by atoms with van der Waals surface area (Å²) >= 11 is 0. The van der Waals surface area contributed by atoms with Crippen LogP contribution in [-0.4, -0.2) is 72.3 Å². The van der Waals surface area contributed by atoms with Gasteiger partial charge in [0.05, 0.1) is 6.61 Å². The second-order valence-electron chi connectivity index (χ2n) is 8.24. The molecule has 1 N–H and O–H groups in total. The molecule has 1 saturated heterocycles. The molecule has 3 amide bonds. The third-order valence-corrected chi connectivity index (χ3v) is 4.60. The zero-order chi connectivity index (χ0) is 20.0. The molecule has 2 rings (SSSR count). The van der Waals surface area contributed by atoms with E-state index in [2.05, 4.69) is 5.32 Å². The van der Waals surface area contributed by atoms with E-state index in [9.17, 15) is 14.4 Å². The minimum absolute atomic E-state index is 0.0950. The van der Waals surface area contributed by atoms with Crippen LogP contribution in [-0.2, 0) is 14.3 Å². The number of hydrogen-bond donors (Lipinski definition) is 1. The molecule has 1 saturated carbocycles. The summed E-state index contributed by atoms with van der Waals surface area (Å²) < 4.78 is 10.5. The predicted molar refractivity (Wildman–Crippen MR) is 100 cm³/mol. The molecule has 27 heavy (non-hydrogen) atoms. The molecule has 0 spiro atoms. The molecule has 1 aliphatic carbocycles. The van der Waals surface area contributed by atoms with Crippen molar-refractivity contribution in [3.05, 3.63) is 0 Å². The Morgan fingerprint density at radius 2 is 1.67 bits per heavy atom. The Bertz CT molecular complexity index is 534. The number of ether oxygens (including phenoxy) is 2. The first kappa shape index (κ1) is 21.3. The topological polar surface area (TPSA) is 88.2 Å². The first-order valence-corrected chi connectivity index (χ1v) is 9.91. The van der Waals surface area contributed by atoms with Gasteiger partial charge in [0.2, 0.25) is 5.91 Å². The fourth-order valence-electron chi connectivity index (χ4n) is 2.95. The fraction of sp³-hybridized carbons (Fsp3) is 0.842. The molecule has 0 aromatic rings. The lowest BCUT2D eigenvalue weighted by atomic mass is 10.1. The largest absolute Gasteiger partial charge is 0.449 e. The molecule has 1 heterocycles. The van der Waals surface area contributed by atoms with Crippen LogP contribution in [0.15, 0.2) is 0 Å². The molecule has 8 nitrogen and oxygen atoms in total. The van der Waals surface area contributed by atoms with Crippen LogP contribution in [0, 0.1) is 5.92 Å². The number of nitrogens with one attached hydrogen (secondary N) is 1. The second kappa shape index (κ2) is 9.28. The second-order valence-corrected chi connectivity index (χ2v) is 8.24. The number of nitrogens with zero attached hydrogens (tertiary/aromatic N) is 2. The Morgan fingerprint density at radius 1 is 1.07 bits per heavy atom. The van der Waals surface area contributed by atoms with Crippen LogP contribution in [0.4, 0.5) is 9.59 Å². The Kier molecular flexibility index (Phi) is 7.33. The number of unbranched alkanes of at least 4 members (excludes halogenated alkanes) is 1. The van der Waals surface area contributed by atoms with Crippen molar-refractivity contribution in [1.29, 1.82) is 0 Å². The quantitative estimate of drug-likeness (QED) is 0.712. The highest BCUT2D eigenvalue weighted by atomic mass is 16.6. The number of carbonyl (C=O) groups is 3. The Labute approximate surface area is 161 Å². The van der Waals surface area contributed by atoms with Gasteiger partial charge in [-0.05, 0) is 46.0 Å². The molecule has 0 bridgehead atoms. The molecular formula is C19H33N3O5. The summed E-state index contributed by atoms with van der Waals surface area (Å²) in [4.78, 5) is 40.3. The van der Waals surface area contributed by atoms with E-state index in [0.29, 0.717) is 32.8 Å². The summed E-state index contributed by atoms with van der Waals surface area (Å²) in [5, 5.41) is 2.74. The maximum Gasteiger partial charge on any atom is 0.409 e. The van der Waals surface area contributed by atoms with Crippen molar-refractivity contribution in [3.63, 3.8) is 0 Å². The van der Waals surface area contributed by atoms with Gasteiger partial charge in [-0.15, -0.1) is 0 Å². The standard InChI is InChI=1S/C19H33N3O5/c1-5-6-13-26-18(25)22-11-9-21(10-12-22)16(23)15(14-7-8-14)20-17(24)27-19(2,3)4/h14-15H,5-13H2,1-4H3,(H,20,24). The van der Waals surface area contributed by atoms with E-state index in [1.165, 1.54) is 0 Å². The normalized spacial score (nSPS) is 18.7. The number of amides is 3. The third-order valence-electron chi connectivity index (χ3n) is 4.60. The average molecular weight is 383 g/mol. The van der Waals surface area contributed by atoms with Crippen LogP contribution >= 0.6 is 0 Å². The van der Waals surface area contributed by atoms with Gasteiger partial charge in [0.25, 0.3) is 0 Å². The number of rotatable bonds is 6. The smallest absolute Gasteiger partial charge is 0.409 e. The summed E-state index contributed by atoms with van der Waals surface area (Å²) in [5.41, 5.74) is -0.606. The van der Waals surface area contributed by atoms with E-state index >= 15 is 0 Å². The van der Waals surface area contributed by atoms with Crippen LogP contribution in [0.2, 0.25) is 0 Å². The highest BCUT2D eigenvalue weighted by Gasteiger charge is 2.41. The van der Waals surface area contributed by atoms with Gasteiger partial charge in [-0.1, -0.05) is 13.3 Å². The van der Waals surface area contributed by atoms with Gasteiger partial charge < -0.3 is 24.6 Å². The first-order chi connectivity index (χ1) is 12.7. The Hall–Kier alpha value is -1.99. The van der Waals surface area contributed by atoms with Gasteiger partial charge in [0, 0.05) is 26.2 Å². The summed E-state index contributed by atoms with van der Waals surface area (Å²) in [6.07, 6.45) is 2.80. The van der Waals surface area contributed by atoms with E-state index in [0.717, 1.165) is 25.7 Å². The van der Waals surface area contributed by atoms with Crippen LogP contribution in [0.1, 0.15) is 53.4 Å². The van der Waals surface area contributed by atoms with Crippen molar-refractivity contribution in [3.8, 4) is 0 Å². The van der Waals surface area contributed by atoms with E-state index in [1.807, 2.05) is 6.92 Å². The van der Waals surface area contributed by atoms with Crippen molar-refractivity contribution in [2.45, 2.75) is 65.0 Å². The Balaban J connectivity index is 1.83. The molecule has 1 atom stereocenters. The molecule has 0 radical (unpaired) electrons. The van der Waals surface area contributed by atoms with Gasteiger partial charge in [-0.25, -0.2) is 9.59 Å². The Morgan fingerprint density at radius 3 is 2.19 bits per heavy atom. The lowest BCUT2D eigenvalue weighted by Crippen LogP contribution is -2.56. The molecule has 0 aromatic heterocycles. The minimum atomic E-state index is -0.606. The number of hydrogen-bond acceptors (Lipinski definition) is 5. The third kappa shape index (κ3) is 6.92. The fourth-order valence-corrected chi connectivity index (χ4v) is 2.95. The lowest BCUT2D eigenvalue weighted by molar-refractivity contribution is -0.135. The van der Waals surface area contributed by atoms with Gasteiger partial charge in [0.1, 0.15) is 11.6 Å². The van der Waals surface area contributed by atoms with Crippen molar-refractivity contribution >= 4 is 18.1 Å². The van der Waals surface area contributed by atoms with E-state index in [1.54, 1.807) is 30.6 Å². The van der Waals surface area contributed by atoms with E-state index in [4.69, 9.17) is 9.47 Å². The highest BCUT2D eigenvalue weighted by Crippen LogP contribution is 2.33. The summed E-state index contributed by atoms with van der Waals surface area (Å²) in [7, 11) is 0. The monoisotopic (exact) mass is 383 g/mol. The highest BCUT2D eigenvalue weighted by molar-refractivity contribution is 5.86. The number of carbonyl (C=O) groups excluding carboxylic acids is 3. The van der Waals surface area contributed by atoms with Crippen molar-refractivity contribution in [1.82, 2.24) is 15.1 Å². The average Bonchev–Trinajstić information content (AvgIpc) is 3.43. The van der Waals surface area contributed by atoms with Gasteiger partial charge >= 0.3 is 12.2 Å². The molecule has 1 unspecified atom stereocenters. The van der Waals surface area contributed by atoms with Crippen molar-refractivity contribution in [2.75, 3.05) is 32.8 Å². The van der Waals surface area contributed by atoms with Crippen molar-refractivity contribution in [2.24, 2.45) is 5.92 Å². The molecular weight excluding hydrogens is 350 g/mol. The van der Waals surface area contributed by atoms with Crippen LogP contribution in [0.25, 0.3) is 0 Å². The molecule has 0 aromatic carbocycles. The van der Waals surface area contributed by atoms with Crippen LogP contribution < -0.4 is 5.32 Å². The van der Waals surface area contributed by atoms with Crippen molar-refractivity contribution < 1.29 is 23.9 Å². The number of piperazine rings is 1. The predicted octanol–water partition coefficient (Wildman–Crippen LogP) is 2.37. The molecule has 2 fully saturated rings.